The van der Waals surface area contributed by atoms with E-state index in [4.69, 9.17) is 0 Å². The van der Waals surface area contributed by atoms with Gasteiger partial charge in [-0.15, -0.1) is 0 Å². The number of hydrogen-bond acceptors (Lipinski definition) is 4. The normalized spacial score (nSPS) is 10.6. The Morgan fingerprint density at radius 3 is 2.83 bits per heavy atom. The predicted molar refractivity (Wildman–Crippen MR) is 74.7 cm³/mol. The molecule has 1 N–H and O–H groups in total. The standard InChI is InChI=1S/C14H17N3S/c1-3-15-9-12-4-5-13(11(2)8-12)18-14-10-16-6-7-17-14/h4-8,10,15H,3,9H2,1-2H3. The fourth-order valence-electron chi connectivity index (χ4n) is 1.66. The smallest absolute Gasteiger partial charge is 0.119 e. The Balaban J connectivity index is 2.10. The fraction of sp³-hybridized carbons (Fsp3) is 0.286. The Morgan fingerprint density at radius 2 is 2.17 bits per heavy atom. The Bertz CT molecular complexity index is 500. The summed E-state index contributed by atoms with van der Waals surface area (Å²) in [6, 6.07) is 6.54. The van der Waals surface area contributed by atoms with Gasteiger partial charge in [-0.3, -0.25) is 4.98 Å². The summed E-state index contributed by atoms with van der Waals surface area (Å²) >= 11 is 1.65. The van der Waals surface area contributed by atoms with Crippen molar-refractivity contribution in [1.29, 1.82) is 0 Å². The molecule has 2 rings (SSSR count). The lowest BCUT2D eigenvalue weighted by atomic mass is 10.1. The van der Waals surface area contributed by atoms with Crippen molar-refractivity contribution >= 4 is 11.8 Å². The third-order valence-corrected chi connectivity index (χ3v) is 3.67. The van der Waals surface area contributed by atoms with Gasteiger partial charge in [-0.05, 0) is 30.7 Å². The molecule has 0 radical (unpaired) electrons. The van der Waals surface area contributed by atoms with Crippen molar-refractivity contribution in [2.45, 2.75) is 30.3 Å². The number of aromatic nitrogens is 2. The van der Waals surface area contributed by atoms with Crippen molar-refractivity contribution in [1.82, 2.24) is 15.3 Å². The third-order valence-electron chi connectivity index (χ3n) is 2.57. The van der Waals surface area contributed by atoms with Gasteiger partial charge >= 0.3 is 0 Å². The van der Waals surface area contributed by atoms with Crippen LogP contribution in [0.15, 0.2) is 46.7 Å². The van der Waals surface area contributed by atoms with Crippen LogP contribution in [-0.4, -0.2) is 16.5 Å². The first-order chi connectivity index (χ1) is 8.79. The Kier molecular flexibility index (Phi) is 4.73. The molecule has 0 unspecified atom stereocenters. The van der Waals surface area contributed by atoms with E-state index in [1.165, 1.54) is 16.0 Å². The number of nitrogens with one attached hydrogen (secondary N) is 1. The first kappa shape index (κ1) is 13.1. The van der Waals surface area contributed by atoms with Gasteiger partial charge in [-0.25, -0.2) is 4.98 Å². The maximum Gasteiger partial charge on any atom is 0.119 e. The summed E-state index contributed by atoms with van der Waals surface area (Å²) in [5.41, 5.74) is 2.60. The van der Waals surface area contributed by atoms with Crippen LogP contribution in [-0.2, 0) is 6.54 Å². The second-order valence-corrected chi connectivity index (χ2v) is 5.09. The number of hydrogen-bond donors (Lipinski definition) is 1. The van der Waals surface area contributed by atoms with Crippen LogP contribution in [0, 0.1) is 6.92 Å². The Hall–Kier alpha value is -1.39. The van der Waals surface area contributed by atoms with E-state index in [2.05, 4.69) is 47.3 Å². The monoisotopic (exact) mass is 259 g/mol. The largest absolute Gasteiger partial charge is 0.313 e. The summed E-state index contributed by atoms with van der Waals surface area (Å²) in [5, 5.41) is 4.26. The quantitative estimate of drug-likeness (QED) is 0.895. The van der Waals surface area contributed by atoms with E-state index in [0.717, 1.165) is 18.1 Å². The third kappa shape index (κ3) is 3.55. The molecule has 0 aliphatic carbocycles. The molecular weight excluding hydrogens is 242 g/mol. The minimum atomic E-state index is 0.924. The molecule has 94 valence electrons. The SMILES string of the molecule is CCNCc1ccc(Sc2cnccn2)c(C)c1. The topological polar surface area (TPSA) is 37.8 Å². The molecule has 0 amide bonds. The van der Waals surface area contributed by atoms with Gasteiger partial charge in [-0.1, -0.05) is 30.8 Å². The maximum atomic E-state index is 4.28. The van der Waals surface area contributed by atoms with E-state index < -0.39 is 0 Å². The lowest BCUT2D eigenvalue weighted by Crippen LogP contribution is -2.11. The van der Waals surface area contributed by atoms with Crippen LogP contribution in [0.1, 0.15) is 18.1 Å². The van der Waals surface area contributed by atoms with E-state index in [9.17, 15) is 0 Å². The van der Waals surface area contributed by atoms with Crippen LogP contribution in [0.4, 0.5) is 0 Å². The highest BCUT2D eigenvalue weighted by Crippen LogP contribution is 2.28. The van der Waals surface area contributed by atoms with E-state index in [-0.39, 0.29) is 0 Å². The molecule has 1 aromatic heterocycles. The zero-order valence-corrected chi connectivity index (χ0v) is 11.5. The first-order valence-corrected chi connectivity index (χ1v) is 6.85. The molecule has 0 bridgehead atoms. The number of aryl methyl sites for hydroxylation is 1. The molecule has 3 nitrogen and oxygen atoms in total. The zero-order valence-electron chi connectivity index (χ0n) is 10.7. The molecular formula is C14H17N3S. The second-order valence-electron chi connectivity index (χ2n) is 4.03. The molecule has 1 aromatic carbocycles. The summed E-state index contributed by atoms with van der Waals surface area (Å²) in [5.74, 6) is 0. The lowest BCUT2D eigenvalue weighted by molar-refractivity contribution is 0.726. The van der Waals surface area contributed by atoms with E-state index in [1.807, 2.05) is 0 Å². The molecule has 0 fully saturated rings. The lowest BCUT2D eigenvalue weighted by Gasteiger charge is -2.08. The summed E-state index contributed by atoms with van der Waals surface area (Å²) in [6.07, 6.45) is 5.20. The van der Waals surface area contributed by atoms with Crippen LogP contribution in [0.5, 0.6) is 0 Å². The molecule has 0 aliphatic rings. The highest BCUT2D eigenvalue weighted by Gasteiger charge is 2.03. The van der Waals surface area contributed by atoms with E-state index in [1.54, 1.807) is 30.4 Å². The van der Waals surface area contributed by atoms with Gasteiger partial charge in [0.1, 0.15) is 5.03 Å². The van der Waals surface area contributed by atoms with Gasteiger partial charge in [0, 0.05) is 23.8 Å². The maximum absolute atomic E-state index is 4.28. The van der Waals surface area contributed by atoms with Crippen molar-refractivity contribution in [3.05, 3.63) is 47.9 Å². The van der Waals surface area contributed by atoms with Gasteiger partial charge in [-0.2, -0.15) is 0 Å². The number of nitrogens with zero attached hydrogens (tertiary/aromatic N) is 2. The molecule has 1 heterocycles. The van der Waals surface area contributed by atoms with Crippen LogP contribution in [0.25, 0.3) is 0 Å². The Morgan fingerprint density at radius 1 is 1.28 bits per heavy atom. The molecule has 0 atom stereocenters. The molecule has 0 saturated heterocycles. The zero-order chi connectivity index (χ0) is 12.8. The van der Waals surface area contributed by atoms with Gasteiger partial charge in [0.15, 0.2) is 0 Å². The van der Waals surface area contributed by atoms with Crippen molar-refractivity contribution in [3.63, 3.8) is 0 Å². The average Bonchev–Trinajstić information content (AvgIpc) is 2.40. The molecule has 0 saturated carbocycles. The van der Waals surface area contributed by atoms with Crippen molar-refractivity contribution in [2.24, 2.45) is 0 Å². The Labute approximate surface area is 112 Å². The van der Waals surface area contributed by atoms with Gasteiger partial charge in [0.05, 0.1) is 6.20 Å². The van der Waals surface area contributed by atoms with Crippen LogP contribution < -0.4 is 5.32 Å². The van der Waals surface area contributed by atoms with E-state index in [0.29, 0.717) is 0 Å². The molecule has 0 aliphatic heterocycles. The predicted octanol–water partition coefficient (Wildman–Crippen LogP) is 3.05. The summed E-state index contributed by atoms with van der Waals surface area (Å²) < 4.78 is 0. The minimum absolute atomic E-state index is 0.924. The van der Waals surface area contributed by atoms with E-state index >= 15 is 0 Å². The van der Waals surface area contributed by atoms with Crippen LogP contribution in [0.2, 0.25) is 0 Å². The fourth-order valence-corrected chi connectivity index (χ4v) is 2.46. The highest BCUT2D eigenvalue weighted by atomic mass is 32.2. The van der Waals surface area contributed by atoms with Crippen LogP contribution in [0.3, 0.4) is 0 Å². The molecule has 2 aromatic rings. The molecule has 0 spiro atoms. The summed E-state index contributed by atoms with van der Waals surface area (Å²) in [4.78, 5) is 9.58. The van der Waals surface area contributed by atoms with Crippen molar-refractivity contribution < 1.29 is 0 Å². The number of rotatable bonds is 5. The van der Waals surface area contributed by atoms with Crippen molar-refractivity contribution in [3.8, 4) is 0 Å². The highest BCUT2D eigenvalue weighted by molar-refractivity contribution is 7.99. The van der Waals surface area contributed by atoms with Gasteiger partial charge < -0.3 is 5.32 Å². The number of benzene rings is 1. The first-order valence-electron chi connectivity index (χ1n) is 6.03. The van der Waals surface area contributed by atoms with Gasteiger partial charge in [0.25, 0.3) is 0 Å². The molecule has 18 heavy (non-hydrogen) atoms. The second kappa shape index (κ2) is 6.52. The average molecular weight is 259 g/mol. The molecule has 4 heteroatoms. The van der Waals surface area contributed by atoms with Gasteiger partial charge in [0.2, 0.25) is 0 Å². The van der Waals surface area contributed by atoms with Crippen molar-refractivity contribution in [2.75, 3.05) is 6.54 Å². The van der Waals surface area contributed by atoms with Crippen LogP contribution >= 0.6 is 11.8 Å². The minimum Gasteiger partial charge on any atom is -0.313 e. The summed E-state index contributed by atoms with van der Waals surface area (Å²) in [7, 11) is 0. The summed E-state index contributed by atoms with van der Waals surface area (Å²) in [6.45, 7) is 6.17.